The van der Waals surface area contributed by atoms with Gasteiger partial charge in [0.05, 0.1) is 13.7 Å². The minimum atomic E-state index is -0.0621. The molecule has 1 rings (SSSR count). The van der Waals surface area contributed by atoms with Gasteiger partial charge in [0.25, 0.3) is 0 Å². The molecule has 0 spiro atoms. The van der Waals surface area contributed by atoms with Crippen molar-refractivity contribution in [2.24, 2.45) is 0 Å². The molecule has 0 aliphatic heterocycles. The molecule has 2 amide bonds. The number of hydrogen-bond donors (Lipinski definition) is 1. The van der Waals surface area contributed by atoms with Crippen LogP contribution in [0.3, 0.4) is 0 Å². The SMILES string of the molecule is CCC[C@H](C)NC(=O)N(C)Cc1cc(Br)ccc1OC. The van der Waals surface area contributed by atoms with Crippen molar-refractivity contribution in [3.63, 3.8) is 0 Å². The van der Waals surface area contributed by atoms with Crippen LogP contribution < -0.4 is 10.1 Å². The first kappa shape index (κ1) is 16.8. The third-order valence-electron chi connectivity index (χ3n) is 3.09. The number of urea groups is 1. The smallest absolute Gasteiger partial charge is 0.317 e. The molecule has 1 N–H and O–H groups in total. The highest BCUT2D eigenvalue weighted by Gasteiger charge is 2.14. The summed E-state index contributed by atoms with van der Waals surface area (Å²) in [5, 5.41) is 2.99. The highest BCUT2D eigenvalue weighted by molar-refractivity contribution is 9.10. The summed E-state index contributed by atoms with van der Waals surface area (Å²) in [4.78, 5) is 13.7. The molecule has 4 nitrogen and oxygen atoms in total. The predicted molar refractivity (Wildman–Crippen MR) is 85.1 cm³/mol. The maximum absolute atomic E-state index is 12.1. The van der Waals surface area contributed by atoms with E-state index >= 15 is 0 Å². The van der Waals surface area contributed by atoms with Gasteiger partial charge in [-0.3, -0.25) is 0 Å². The second-order valence-electron chi connectivity index (χ2n) is 4.95. The molecule has 1 aromatic rings. The van der Waals surface area contributed by atoms with Crippen LogP contribution in [0.1, 0.15) is 32.3 Å². The number of benzene rings is 1. The summed E-state index contributed by atoms with van der Waals surface area (Å²) in [7, 11) is 3.42. The van der Waals surface area contributed by atoms with Crippen LogP contribution in [0.5, 0.6) is 5.75 Å². The molecule has 0 bridgehead atoms. The van der Waals surface area contributed by atoms with Gasteiger partial charge >= 0.3 is 6.03 Å². The second kappa shape index (κ2) is 8.15. The Hall–Kier alpha value is -1.23. The van der Waals surface area contributed by atoms with E-state index in [1.165, 1.54) is 0 Å². The summed E-state index contributed by atoms with van der Waals surface area (Å²) < 4.78 is 6.29. The van der Waals surface area contributed by atoms with E-state index in [0.29, 0.717) is 6.54 Å². The molecule has 0 unspecified atom stereocenters. The lowest BCUT2D eigenvalue weighted by atomic mass is 10.2. The molecule has 0 fully saturated rings. The summed E-state index contributed by atoms with van der Waals surface area (Å²) >= 11 is 3.44. The number of methoxy groups -OCH3 is 1. The highest BCUT2D eigenvalue weighted by Crippen LogP contribution is 2.24. The van der Waals surface area contributed by atoms with Crippen LogP contribution in [-0.2, 0) is 6.54 Å². The molecule has 1 aromatic carbocycles. The molecule has 1 atom stereocenters. The van der Waals surface area contributed by atoms with Gasteiger partial charge in [-0.25, -0.2) is 4.79 Å². The molecule has 0 aliphatic rings. The quantitative estimate of drug-likeness (QED) is 0.854. The molecule has 0 saturated heterocycles. The Labute approximate surface area is 129 Å². The highest BCUT2D eigenvalue weighted by atomic mass is 79.9. The van der Waals surface area contributed by atoms with Gasteiger partial charge < -0.3 is 15.0 Å². The summed E-state index contributed by atoms with van der Waals surface area (Å²) in [5.41, 5.74) is 0.975. The van der Waals surface area contributed by atoms with Crippen LogP contribution in [0.4, 0.5) is 4.79 Å². The Kier molecular flexibility index (Phi) is 6.85. The van der Waals surface area contributed by atoms with E-state index in [2.05, 4.69) is 28.2 Å². The van der Waals surface area contributed by atoms with Gasteiger partial charge in [-0.15, -0.1) is 0 Å². The first-order valence-electron chi connectivity index (χ1n) is 6.82. The van der Waals surface area contributed by atoms with Crippen molar-refractivity contribution in [1.82, 2.24) is 10.2 Å². The third-order valence-corrected chi connectivity index (χ3v) is 3.58. The molecule has 20 heavy (non-hydrogen) atoms. The summed E-state index contributed by atoms with van der Waals surface area (Å²) in [5.74, 6) is 0.787. The van der Waals surface area contributed by atoms with E-state index in [9.17, 15) is 4.79 Å². The molecule has 0 aromatic heterocycles. The normalized spacial score (nSPS) is 11.8. The van der Waals surface area contributed by atoms with Crippen molar-refractivity contribution in [3.8, 4) is 5.75 Å². The number of halogens is 1. The molecule has 112 valence electrons. The summed E-state index contributed by atoms with van der Waals surface area (Å²) in [6, 6.07) is 5.92. The molecule has 0 radical (unpaired) electrons. The summed E-state index contributed by atoms with van der Waals surface area (Å²) in [6.45, 7) is 4.64. The average Bonchev–Trinajstić information content (AvgIpc) is 2.39. The van der Waals surface area contributed by atoms with Crippen molar-refractivity contribution in [3.05, 3.63) is 28.2 Å². The Morgan fingerprint density at radius 3 is 2.80 bits per heavy atom. The van der Waals surface area contributed by atoms with Gasteiger partial charge in [0.2, 0.25) is 0 Å². The molecule has 0 saturated carbocycles. The van der Waals surface area contributed by atoms with Crippen molar-refractivity contribution >= 4 is 22.0 Å². The van der Waals surface area contributed by atoms with Crippen LogP contribution in [0.15, 0.2) is 22.7 Å². The number of carbonyl (C=O) groups excluding carboxylic acids is 1. The fourth-order valence-corrected chi connectivity index (χ4v) is 2.43. The van der Waals surface area contributed by atoms with E-state index in [-0.39, 0.29) is 12.1 Å². The Morgan fingerprint density at radius 1 is 1.50 bits per heavy atom. The molecule has 5 heteroatoms. The van der Waals surface area contributed by atoms with Gasteiger partial charge in [-0.1, -0.05) is 29.3 Å². The minimum absolute atomic E-state index is 0.0621. The Morgan fingerprint density at radius 2 is 2.20 bits per heavy atom. The van der Waals surface area contributed by atoms with Gasteiger partial charge in [-0.05, 0) is 31.5 Å². The molecule has 0 heterocycles. The van der Waals surface area contributed by atoms with Gasteiger partial charge in [0.15, 0.2) is 0 Å². The van der Waals surface area contributed by atoms with Gasteiger partial charge in [-0.2, -0.15) is 0 Å². The van der Waals surface area contributed by atoms with E-state index in [1.807, 2.05) is 25.1 Å². The zero-order valence-electron chi connectivity index (χ0n) is 12.6. The largest absolute Gasteiger partial charge is 0.496 e. The molecular weight excluding hydrogens is 320 g/mol. The zero-order valence-corrected chi connectivity index (χ0v) is 14.2. The lowest BCUT2D eigenvalue weighted by molar-refractivity contribution is 0.202. The van der Waals surface area contributed by atoms with Crippen molar-refractivity contribution in [1.29, 1.82) is 0 Å². The fraction of sp³-hybridized carbons (Fsp3) is 0.533. The van der Waals surface area contributed by atoms with Crippen LogP contribution in [0.2, 0.25) is 0 Å². The van der Waals surface area contributed by atoms with Crippen molar-refractivity contribution < 1.29 is 9.53 Å². The fourth-order valence-electron chi connectivity index (χ4n) is 2.02. The number of ether oxygens (including phenoxy) is 1. The van der Waals surface area contributed by atoms with E-state index in [0.717, 1.165) is 28.6 Å². The lowest BCUT2D eigenvalue weighted by Gasteiger charge is -2.22. The monoisotopic (exact) mass is 342 g/mol. The second-order valence-corrected chi connectivity index (χ2v) is 5.87. The average molecular weight is 343 g/mol. The van der Waals surface area contributed by atoms with Crippen LogP contribution in [0.25, 0.3) is 0 Å². The first-order chi connectivity index (χ1) is 9.47. The van der Waals surface area contributed by atoms with Gasteiger partial charge in [0.1, 0.15) is 5.75 Å². The van der Waals surface area contributed by atoms with Crippen LogP contribution in [0, 0.1) is 0 Å². The van der Waals surface area contributed by atoms with Crippen LogP contribution in [-0.4, -0.2) is 31.1 Å². The number of carbonyl (C=O) groups is 1. The van der Waals surface area contributed by atoms with E-state index in [1.54, 1.807) is 19.1 Å². The Balaban J connectivity index is 2.67. The van der Waals surface area contributed by atoms with Crippen LogP contribution >= 0.6 is 15.9 Å². The standard InChI is InChI=1S/C15H23BrN2O2/c1-5-6-11(2)17-15(19)18(3)10-12-9-13(16)7-8-14(12)20-4/h7-9,11H,5-6,10H2,1-4H3,(H,17,19)/t11-/m0/s1. The number of amides is 2. The van der Waals surface area contributed by atoms with E-state index < -0.39 is 0 Å². The first-order valence-corrected chi connectivity index (χ1v) is 7.61. The number of nitrogens with zero attached hydrogens (tertiary/aromatic N) is 1. The number of nitrogens with one attached hydrogen (secondary N) is 1. The predicted octanol–water partition coefficient (Wildman–Crippen LogP) is 3.79. The maximum atomic E-state index is 12.1. The number of rotatable bonds is 6. The zero-order chi connectivity index (χ0) is 15.1. The van der Waals surface area contributed by atoms with Gasteiger partial charge in [0, 0.05) is 23.1 Å². The van der Waals surface area contributed by atoms with Crippen molar-refractivity contribution in [2.75, 3.05) is 14.2 Å². The lowest BCUT2D eigenvalue weighted by Crippen LogP contribution is -2.41. The summed E-state index contributed by atoms with van der Waals surface area (Å²) in [6.07, 6.45) is 2.05. The molecule has 0 aliphatic carbocycles. The molecular formula is C15H23BrN2O2. The topological polar surface area (TPSA) is 41.6 Å². The Bertz CT molecular complexity index is 451. The van der Waals surface area contributed by atoms with Crippen molar-refractivity contribution in [2.45, 2.75) is 39.3 Å². The minimum Gasteiger partial charge on any atom is -0.496 e. The maximum Gasteiger partial charge on any atom is 0.317 e. The third kappa shape index (κ3) is 5.04. The number of hydrogen-bond acceptors (Lipinski definition) is 2. The van der Waals surface area contributed by atoms with E-state index in [4.69, 9.17) is 4.74 Å².